The van der Waals surface area contributed by atoms with Gasteiger partial charge in [-0.1, -0.05) is 11.8 Å². The van der Waals surface area contributed by atoms with Crippen LogP contribution < -0.4 is 0 Å². The van der Waals surface area contributed by atoms with Crippen molar-refractivity contribution in [3.05, 3.63) is 24.3 Å². The van der Waals surface area contributed by atoms with Gasteiger partial charge in [0.15, 0.2) is 0 Å². The number of tetrazole rings is 1. The average molecular weight is 252 g/mol. The molecule has 7 nitrogen and oxygen atoms in total. The predicted molar refractivity (Wildman–Crippen MR) is 59.2 cm³/mol. The lowest BCUT2D eigenvalue weighted by molar-refractivity contribution is -0.133. The molecule has 0 unspecified atom stereocenters. The molecule has 0 saturated carbocycles. The van der Waals surface area contributed by atoms with E-state index in [0.29, 0.717) is 10.8 Å². The highest BCUT2D eigenvalue weighted by Gasteiger charge is 2.10. The SMILES string of the molecule is O=C(O)CSc1nnnn1-c1ccc(O)cc1. The van der Waals surface area contributed by atoms with E-state index >= 15 is 0 Å². The van der Waals surface area contributed by atoms with Crippen LogP contribution in [0.15, 0.2) is 29.4 Å². The van der Waals surface area contributed by atoms with E-state index in [1.54, 1.807) is 12.1 Å². The van der Waals surface area contributed by atoms with Gasteiger partial charge in [-0.2, -0.15) is 4.68 Å². The van der Waals surface area contributed by atoms with Crippen LogP contribution in [0.1, 0.15) is 0 Å². The first-order chi connectivity index (χ1) is 8.16. The minimum Gasteiger partial charge on any atom is -0.508 e. The summed E-state index contributed by atoms with van der Waals surface area (Å²) in [5.74, 6) is -0.907. The fourth-order valence-corrected chi connectivity index (χ4v) is 1.76. The quantitative estimate of drug-likeness (QED) is 0.766. The fraction of sp³-hybridized carbons (Fsp3) is 0.111. The number of thioether (sulfide) groups is 1. The van der Waals surface area contributed by atoms with Gasteiger partial charge >= 0.3 is 5.97 Å². The Balaban J connectivity index is 2.24. The van der Waals surface area contributed by atoms with Crippen LogP contribution in [-0.4, -0.2) is 42.1 Å². The molecule has 0 spiro atoms. The summed E-state index contributed by atoms with van der Waals surface area (Å²) < 4.78 is 1.41. The molecular formula is C9H8N4O3S. The number of carboxylic acids is 1. The number of aromatic hydroxyl groups is 1. The highest BCUT2D eigenvalue weighted by atomic mass is 32.2. The molecule has 88 valence electrons. The van der Waals surface area contributed by atoms with E-state index in [9.17, 15) is 4.79 Å². The molecule has 2 N–H and O–H groups in total. The maximum Gasteiger partial charge on any atom is 0.313 e. The third kappa shape index (κ3) is 2.72. The van der Waals surface area contributed by atoms with Gasteiger partial charge in [0.05, 0.1) is 11.4 Å². The molecule has 0 aliphatic rings. The van der Waals surface area contributed by atoms with Crippen molar-refractivity contribution >= 4 is 17.7 Å². The van der Waals surface area contributed by atoms with E-state index in [1.807, 2.05) is 0 Å². The minimum absolute atomic E-state index is 0.113. The maximum absolute atomic E-state index is 10.5. The number of benzene rings is 1. The Morgan fingerprint density at radius 2 is 2.06 bits per heavy atom. The van der Waals surface area contributed by atoms with Gasteiger partial charge in [0.25, 0.3) is 0 Å². The molecule has 0 saturated heterocycles. The van der Waals surface area contributed by atoms with Gasteiger partial charge in [0.2, 0.25) is 5.16 Å². The maximum atomic E-state index is 10.5. The Kier molecular flexibility index (Phi) is 3.24. The molecule has 17 heavy (non-hydrogen) atoms. The van der Waals surface area contributed by atoms with Crippen LogP contribution >= 0.6 is 11.8 Å². The third-order valence-electron chi connectivity index (χ3n) is 1.86. The van der Waals surface area contributed by atoms with E-state index in [2.05, 4.69) is 15.5 Å². The van der Waals surface area contributed by atoms with Gasteiger partial charge in [-0.15, -0.1) is 5.10 Å². The standard InChI is InChI=1S/C9H8N4O3S/c14-7-3-1-6(2-4-7)13-9(10-11-12-13)17-5-8(15)16/h1-4,14H,5H2,(H,15,16). The van der Waals surface area contributed by atoms with Crippen molar-refractivity contribution in [2.75, 3.05) is 5.75 Å². The lowest BCUT2D eigenvalue weighted by atomic mass is 10.3. The van der Waals surface area contributed by atoms with Crippen LogP contribution in [0.5, 0.6) is 5.75 Å². The molecule has 0 fully saturated rings. The Morgan fingerprint density at radius 1 is 1.35 bits per heavy atom. The molecule has 1 heterocycles. The number of rotatable bonds is 4. The number of hydrogen-bond donors (Lipinski definition) is 2. The highest BCUT2D eigenvalue weighted by molar-refractivity contribution is 7.99. The van der Waals surface area contributed by atoms with Gasteiger partial charge in [0, 0.05) is 0 Å². The number of phenols is 1. The lowest BCUT2D eigenvalue weighted by Gasteiger charge is -2.02. The average Bonchev–Trinajstić information content (AvgIpc) is 2.75. The van der Waals surface area contributed by atoms with Gasteiger partial charge in [0.1, 0.15) is 5.75 Å². The first-order valence-corrected chi connectivity index (χ1v) is 5.58. The van der Waals surface area contributed by atoms with Gasteiger partial charge < -0.3 is 10.2 Å². The Hall–Kier alpha value is -2.09. The number of carboxylic acid groups (broad SMARTS) is 1. The largest absolute Gasteiger partial charge is 0.508 e. The van der Waals surface area contributed by atoms with Crippen LogP contribution in [-0.2, 0) is 4.79 Å². The number of nitrogens with zero attached hydrogens (tertiary/aromatic N) is 4. The first kappa shape index (κ1) is 11.4. The number of hydrogen-bond acceptors (Lipinski definition) is 6. The van der Waals surface area contributed by atoms with Crippen LogP contribution in [0, 0.1) is 0 Å². The fourth-order valence-electron chi connectivity index (χ4n) is 1.15. The van der Waals surface area contributed by atoms with E-state index in [1.165, 1.54) is 16.8 Å². The summed E-state index contributed by atoms with van der Waals surface area (Å²) in [5.41, 5.74) is 0.653. The van der Waals surface area contributed by atoms with Crippen LogP contribution in [0.3, 0.4) is 0 Å². The number of aliphatic carboxylic acids is 1. The van der Waals surface area contributed by atoms with Crippen LogP contribution in [0.4, 0.5) is 0 Å². The second-order valence-electron chi connectivity index (χ2n) is 3.07. The molecule has 0 amide bonds. The molecule has 0 aliphatic heterocycles. The minimum atomic E-state index is -0.935. The first-order valence-electron chi connectivity index (χ1n) is 4.59. The zero-order chi connectivity index (χ0) is 12.3. The van der Waals surface area contributed by atoms with Gasteiger partial charge in [-0.25, -0.2) is 0 Å². The van der Waals surface area contributed by atoms with Gasteiger partial charge in [-0.3, -0.25) is 4.79 Å². The highest BCUT2D eigenvalue weighted by Crippen LogP contribution is 2.19. The summed E-state index contributed by atoms with van der Waals surface area (Å²) in [6, 6.07) is 6.28. The van der Waals surface area contributed by atoms with E-state index in [4.69, 9.17) is 10.2 Å². The Morgan fingerprint density at radius 3 is 2.71 bits per heavy atom. The molecule has 0 radical (unpaired) electrons. The molecule has 0 atom stereocenters. The molecule has 0 bridgehead atoms. The van der Waals surface area contributed by atoms with Crippen molar-refractivity contribution in [1.29, 1.82) is 0 Å². The third-order valence-corrected chi connectivity index (χ3v) is 2.76. The van der Waals surface area contributed by atoms with Crippen molar-refractivity contribution in [3.8, 4) is 11.4 Å². The monoisotopic (exact) mass is 252 g/mol. The van der Waals surface area contributed by atoms with Crippen molar-refractivity contribution in [2.24, 2.45) is 0 Å². The summed E-state index contributed by atoms with van der Waals surface area (Å²) in [6.07, 6.45) is 0. The smallest absolute Gasteiger partial charge is 0.313 e. The van der Waals surface area contributed by atoms with E-state index in [-0.39, 0.29) is 11.5 Å². The van der Waals surface area contributed by atoms with Crippen LogP contribution in [0.25, 0.3) is 5.69 Å². The predicted octanol–water partition coefficient (Wildman–Crippen LogP) is 0.545. The normalized spacial score (nSPS) is 10.4. The summed E-state index contributed by atoms with van der Waals surface area (Å²) in [4.78, 5) is 10.5. The van der Waals surface area contributed by atoms with Crippen molar-refractivity contribution in [2.45, 2.75) is 5.16 Å². The van der Waals surface area contributed by atoms with Crippen molar-refractivity contribution in [3.63, 3.8) is 0 Å². The number of carbonyl (C=O) groups is 1. The number of phenolic OH excluding ortho intramolecular Hbond substituents is 1. The molecule has 1 aromatic carbocycles. The molecule has 8 heteroatoms. The Bertz CT molecular complexity index is 525. The second-order valence-corrected chi connectivity index (χ2v) is 4.01. The Labute approximate surface area is 100 Å². The topological polar surface area (TPSA) is 101 Å². The van der Waals surface area contributed by atoms with Crippen LogP contribution in [0.2, 0.25) is 0 Å². The molecular weight excluding hydrogens is 244 g/mol. The van der Waals surface area contributed by atoms with Gasteiger partial charge in [-0.05, 0) is 34.7 Å². The zero-order valence-corrected chi connectivity index (χ0v) is 9.33. The van der Waals surface area contributed by atoms with Crippen molar-refractivity contribution in [1.82, 2.24) is 20.2 Å². The molecule has 2 aromatic rings. The van der Waals surface area contributed by atoms with Crippen molar-refractivity contribution < 1.29 is 15.0 Å². The summed E-state index contributed by atoms with van der Waals surface area (Å²) >= 11 is 1.03. The van der Waals surface area contributed by atoms with E-state index < -0.39 is 5.97 Å². The molecule has 2 rings (SSSR count). The van der Waals surface area contributed by atoms with E-state index in [0.717, 1.165) is 11.8 Å². The summed E-state index contributed by atoms with van der Waals surface area (Å²) in [5, 5.41) is 29.1. The number of aromatic nitrogens is 4. The molecule has 1 aromatic heterocycles. The lowest BCUT2D eigenvalue weighted by Crippen LogP contribution is -2.02. The molecule has 0 aliphatic carbocycles. The summed E-state index contributed by atoms with van der Waals surface area (Å²) in [6.45, 7) is 0. The second kappa shape index (κ2) is 4.83. The summed E-state index contributed by atoms with van der Waals surface area (Å²) in [7, 11) is 0. The zero-order valence-electron chi connectivity index (χ0n) is 8.52.